The molecule has 0 radical (unpaired) electrons. The van der Waals surface area contributed by atoms with Gasteiger partial charge in [0.05, 0.1) is 6.54 Å². The topological polar surface area (TPSA) is 68.0 Å². The zero-order valence-electron chi connectivity index (χ0n) is 10.8. The second kappa shape index (κ2) is 6.98. The van der Waals surface area contributed by atoms with E-state index in [1.54, 1.807) is 6.08 Å². The Balaban J connectivity index is 1.98. The molecular formula is C13H11F2N3O2S. The molecule has 0 saturated carbocycles. The standard InChI is InChI=1S/C13H11F2N3O2S/c1-2-6-21-13-18-17-10(20-13)7-16-12(19)11-8(14)4-3-5-9(11)15/h2-5H,1,6-7H2,(H,16,19). The fraction of sp³-hybridized carbons (Fsp3) is 0.154. The molecule has 0 saturated heterocycles. The number of hydrogen-bond donors (Lipinski definition) is 1. The summed E-state index contributed by atoms with van der Waals surface area (Å²) in [5.41, 5.74) is -0.640. The van der Waals surface area contributed by atoms with Gasteiger partial charge < -0.3 is 9.73 Å². The van der Waals surface area contributed by atoms with Crippen molar-refractivity contribution in [2.75, 3.05) is 5.75 Å². The summed E-state index contributed by atoms with van der Waals surface area (Å²) in [6.45, 7) is 3.44. The van der Waals surface area contributed by atoms with Crippen molar-refractivity contribution in [3.63, 3.8) is 0 Å². The third-order valence-electron chi connectivity index (χ3n) is 2.36. The number of thioether (sulfide) groups is 1. The predicted octanol–water partition coefficient (Wildman–Crippen LogP) is 2.56. The fourth-order valence-corrected chi connectivity index (χ4v) is 1.97. The number of rotatable bonds is 6. The van der Waals surface area contributed by atoms with Crippen LogP contribution in [0.3, 0.4) is 0 Å². The third-order valence-corrected chi connectivity index (χ3v) is 3.18. The maximum absolute atomic E-state index is 13.4. The molecule has 0 bridgehead atoms. The van der Waals surface area contributed by atoms with Crippen molar-refractivity contribution in [1.82, 2.24) is 15.5 Å². The van der Waals surface area contributed by atoms with Gasteiger partial charge in [0.25, 0.3) is 11.1 Å². The number of benzene rings is 1. The van der Waals surface area contributed by atoms with Gasteiger partial charge in [0.1, 0.15) is 17.2 Å². The number of halogens is 2. The van der Waals surface area contributed by atoms with Crippen LogP contribution < -0.4 is 5.32 Å². The molecule has 2 aromatic rings. The van der Waals surface area contributed by atoms with Gasteiger partial charge in [0.2, 0.25) is 5.89 Å². The molecule has 0 aliphatic carbocycles. The maximum Gasteiger partial charge on any atom is 0.276 e. The highest BCUT2D eigenvalue weighted by Crippen LogP contribution is 2.16. The van der Waals surface area contributed by atoms with Crippen molar-refractivity contribution in [3.05, 3.63) is 53.9 Å². The van der Waals surface area contributed by atoms with Crippen LogP contribution in [0, 0.1) is 11.6 Å². The van der Waals surface area contributed by atoms with Crippen LogP contribution in [0.2, 0.25) is 0 Å². The second-order valence-corrected chi connectivity index (χ2v) is 4.81. The molecule has 0 atom stereocenters. The summed E-state index contributed by atoms with van der Waals surface area (Å²) in [5, 5.41) is 10.1. The molecule has 0 fully saturated rings. The molecule has 0 unspecified atom stereocenters. The van der Waals surface area contributed by atoms with E-state index in [-0.39, 0.29) is 12.4 Å². The summed E-state index contributed by atoms with van der Waals surface area (Å²) in [6, 6.07) is 3.20. The zero-order chi connectivity index (χ0) is 15.2. The van der Waals surface area contributed by atoms with Crippen LogP contribution in [0.15, 0.2) is 40.5 Å². The first-order valence-corrected chi connectivity index (χ1v) is 6.88. The Hall–Kier alpha value is -2.22. The van der Waals surface area contributed by atoms with Crippen molar-refractivity contribution in [2.45, 2.75) is 11.8 Å². The van der Waals surface area contributed by atoms with E-state index in [1.807, 2.05) is 0 Å². The highest BCUT2D eigenvalue weighted by Gasteiger charge is 2.17. The summed E-state index contributed by atoms with van der Waals surface area (Å²) in [4.78, 5) is 11.7. The lowest BCUT2D eigenvalue weighted by atomic mass is 10.2. The lowest BCUT2D eigenvalue weighted by Gasteiger charge is -2.04. The number of carbonyl (C=O) groups is 1. The molecule has 0 spiro atoms. The number of aromatic nitrogens is 2. The lowest BCUT2D eigenvalue weighted by Crippen LogP contribution is -2.25. The Morgan fingerprint density at radius 3 is 2.76 bits per heavy atom. The van der Waals surface area contributed by atoms with E-state index in [4.69, 9.17) is 4.42 Å². The number of carbonyl (C=O) groups excluding carboxylic acids is 1. The van der Waals surface area contributed by atoms with E-state index in [0.717, 1.165) is 12.1 Å². The monoisotopic (exact) mass is 311 g/mol. The molecule has 8 heteroatoms. The quantitative estimate of drug-likeness (QED) is 0.656. The van der Waals surface area contributed by atoms with Crippen LogP contribution in [-0.4, -0.2) is 21.9 Å². The first-order valence-electron chi connectivity index (χ1n) is 5.90. The van der Waals surface area contributed by atoms with Crippen LogP contribution in [-0.2, 0) is 6.54 Å². The molecule has 110 valence electrons. The van der Waals surface area contributed by atoms with Gasteiger partial charge in [0.15, 0.2) is 0 Å². The fourth-order valence-electron chi connectivity index (χ4n) is 1.46. The first kappa shape index (κ1) is 15.2. The Morgan fingerprint density at radius 2 is 2.10 bits per heavy atom. The normalized spacial score (nSPS) is 10.4. The molecule has 1 aromatic carbocycles. The molecule has 2 rings (SSSR count). The molecule has 1 aromatic heterocycles. The number of hydrogen-bond acceptors (Lipinski definition) is 5. The molecular weight excluding hydrogens is 300 g/mol. The van der Waals surface area contributed by atoms with E-state index in [0.29, 0.717) is 11.0 Å². The van der Waals surface area contributed by atoms with E-state index in [9.17, 15) is 13.6 Å². The summed E-state index contributed by atoms with van der Waals surface area (Å²) < 4.78 is 32.0. The minimum absolute atomic E-state index is 0.117. The highest BCUT2D eigenvalue weighted by atomic mass is 32.2. The summed E-state index contributed by atoms with van der Waals surface area (Å²) in [6.07, 6.45) is 1.68. The van der Waals surface area contributed by atoms with E-state index >= 15 is 0 Å². The van der Waals surface area contributed by atoms with Gasteiger partial charge in [-0.25, -0.2) is 8.78 Å². The summed E-state index contributed by atoms with van der Waals surface area (Å²) >= 11 is 1.29. The van der Waals surface area contributed by atoms with E-state index < -0.39 is 23.1 Å². The van der Waals surface area contributed by atoms with Crippen molar-refractivity contribution in [2.24, 2.45) is 0 Å². The Morgan fingerprint density at radius 1 is 1.38 bits per heavy atom. The molecule has 0 aliphatic rings. The predicted molar refractivity (Wildman–Crippen MR) is 72.7 cm³/mol. The zero-order valence-corrected chi connectivity index (χ0v) is 11.6. The maximum atomic E-state index is 13.4. The second-order valence-electron chi connectivity index (χ2n) is 3.84. The lowest BCUT2D eigenvalue weighted by molar-refractivity contribution is 0.0938. The number of nitrogens with one attached hydrogen (secondary N) is 1. The Kier molecular flexibility index (Phi) is 5.04. The molecule has 1 heterocycles. The van der Waals surface area contributed by atoms with Crippen LogP contribution in [0.5, 0.6) is 0 Å². The Bertz CT molecular complexity index is 640. The van der Waals surface area contributed by atoms with Crippen LogP contribution in [0.4, 0.5) is 8.78 Å². The molecule has 21 heavy (non-hydrogen) atoms. The van der Waals surface area contributed by atoms with E-state index in [1.165, 1.54) is 17.8 Å². The van der Waals surface area contributed by atoms with Gasteiger partial charge in [-0.3, -0.25) is 4.79 Å². The van der Waals surface area contributed by atoms with Gasteiger partial charge in [0, 0.05) is 5.75 Å². The van der Waals surface area contributed by atoms with Gasteiger partial charge in [-0.15, -0.1) is 16.8 Å². The van der Waals surface area contributed by atoms with Crippen LogP contribution in [0.1, 0.15) is 16.2 Å². The Labute approximate surface area is 123 Å². The van der Waals surface area contributed by atoms with Gasteiger partial charge in [-0.2, -0.15) is 0 Å². The average molecular weight is 311 g/mol. The van der Waals surface area contributed by atoms with Crippen molar-refractivity contribution >= 4 is 17.7 Å². The van der Waals surface area contributed by atoms with Gasteiger partial charge >= 0.3 is 0 Å². The SMILES string of the molecule is C=CCSc1nnc(CNC(=O)c2c(F)cccc2F)o1. The molecule has 1 amide bonds. The molecule has 1 N–H and O–H groups in total. The van der Waals surface area contributed by atoms with Gasteiger partial charge in [-0.05, 0) is 12.1 Å². The summed E-state index contributed by atoms with van der Waals surface area (Å²) in [7, 11) is 0. The van der Waals surface area contributed by atoms with Crippen molar-refractivity contribution in [1.29, 1.82) is 0 Å². The number of amides is 1. The highest BCUT2D eigenvalue weighted by molar-refractivity contribution is 7.99. The number of nitrogens with zero attached hydrogens (tertiary/aromatic N) is 2. The van der Waals surface area contributed by atoms with E-state index in [2.05, 4.69) is 22.1 Å². The molecule has 5 nitrogen and oxygen atoms in total. The first-order chi connectivity index (χ1) is 10.1. The van der Waals surface area contributed by atoms with Crippen molar-refractivity contribution in [3.8, 4) is 0 Å². The average Bonchev–Trinajstić information content (AvgIpc) is 2.90. The van der Waals surface area contributed by atoms with Crippen LogP contribution >= 0.6 is 11.8 Å². The smallest absolute Gasteiger partial charge is 0.276 e. The molecule has 0 aliphatic heterocycles. The van der Waals surface area contributed by atoms with Crippen molar-refractivity contribution < 1.29 is 18.0 Å². The van der Waals surface area contributed by atoms with Gasteiger partial charge in [-0.1, -0.05) is 23.9 Å². The third kappa shape index (κ3) is 3.88. The largest absolute Gasteiger partial charge is 0.414 e. The minimum atomic E-state index is -0.930. The summed E-state index contributed by atoms with van der Waals surface area (Å²) in [5.74, 6) is -2.00. The minimum Gasteiger partial charge on any atom is -0.414 e. The van der Waals surface area contributed by atoms with Crippen LogP contribution in [0.25, 0.3) is 0 Å².